The summed E-state index contributed by atoms with van der Waals surface area (Å²) in [5.74, 6) is -0.912. The number of likely N-dealkylation sites (N-methyl/N-ethyl adjacent to an activating group) is 1. The van der Waals surface area contributed by atoms with E-state index in [9.17, 15) is 19.0 Å². The molecule has 0 aliphatic rings. The molecule has 0 heterocycles. The van der Waals surface area contributed by atoms with Crippen molar-refractivity contribution in [1.82, 2.24) is 0 Å². The lowest BCUT2D eigenvalue weighted by Crippen LogP contribution is -2.37. The van der Waals surface area contributed by atoms with Crippen LogP contribution in [0.3, 0.4) is 0 Å². The Morgan fingerprint density at radius 3 is 0.976 bits per heavy atom. The zero-order valence-corrected chi connectivity index (χ0v) is 54.1. The van der Waals surface area contributed by atoms with Crippen LogP contribution in [-0.4, -0.2) is 70.0 Å². The first-order chi connectivity index (χ1) is 41.0. The molecule has 0 radical (unpaired) electrons. The molecule has 0 rings (SSSR count). The molecule has 0 aliphatic heterocycles. The van der Waals surface area contributed by atoms with Crippen molar-refractivity contribution in [3.8, 4) is 0 Å². The third-order valence-electron chi connectivity index (χ3n) is 12.6. The van der Waals surface area contributed by atoms with E-state index in [0.717, 1.165) is 141 Å². The van der Waals surface area contributed by atoms with Gasteiger partial charge in [0.2, 0.25) is 0 Å². The number of quaternary nitrogens is 1. The Morgan fingerprint density at radius 2 is 0.643 bits per heavy atom. The number of allylic oxidation sites excluding steroid dienone is 32. The van der Waals surface area contributed by atoms with Crippen LogP contribution in [0.1, 0.15) is 206 Å². The van der Waals surface area contributed by atoms with Crippen LogP contribution < -0.4 is 4.89 Å². The van der Waals surface area contributed by atoms with Gasteiger partial charge in [-0.15, -0.1) is 0 Å². The van der Waals surface area contributed by atoms with Crippen LogP contribution >= 0.6 is 7.82 Å². The number of hydrogen-bond acceptors (Lipinski definition) is 8. The van der Waals surface area contributed by atoms with Gasteiger partial charge >= 0.3 is 11.9 Å². The first-order valence-electron chi connectivity index (χ1n) is 32.1. The molecule has 470 valence electrons. The average molecular weight is 1180 g/mol. The molecule has 0 aromatic carbocycles. The van der Waals surface area contributed by atoms with E-state index in [1.165, 1.54) is 25.7 Å². The highest BCUT2D eigenvalue weighted by molar-refractivity contribution is 7.45. The number of hydrogen-bond donors (Lipinski definition) is 0. The molecule has 0 N–H and O–H groups in total. The zero-order chi connectivity index (χ0) is 61.2. The third kappa shape index (κ3) is 66.0. The second-order valence-corrected chi connectivity index (χ2v) is 23.1. The zero-order valence-electron chi connectivity index (χ0n) is 53.3. The van der Waals surface area contributed by atoms with E-state index in [1.807, 2.05) is 21.1 Å². The maximum absolute atomic E-state index is 12.8. The van der Waals surface area contributed by atoms with Crippen LogP contribution in [0.4, 0.5) is 0 Å². The van der Waals surface area contributed by atoms with Gasteiger partial charge in [0.15, 0.2) is 6.10 Å². The summed E-state index contributed by atoms with van der Waals surface area (Å²) in [7, 11) is 1.10. The number of phosphoric ester groups is 1. The van der Waals surface area contributed by atoms with Gasteiger partial charge in [-0.1, -0.05) is 247 Å². The summed E-state index contributed by atoms with van der Waals surface area (Å²) in [6.45, 7) is 3.92. The van der Waals surface area contributed by atoms with Crippen molar-refractivity contribution in [2.24, 2.45) is 0 Å². The van der Waals surface area contributed by atoms with E-state index in [4.69, 9.17) is 18.5 Å². The maximum Gasteiger partial charge on any atom is 0.306 e. The van der Waals surface area contributed by atoms with E-state index in [2.05, 4.69) is 208 Å². The van der Waals surface area contributed by atoms with E-state index < -0.39 is 32.5 Å². The average Bonchev–Trinajstić information content (AvgIpc) is 3.61. The third-order valence-corrected chi connectivity index (χ3v) is 13.6. The molecule has 9 nitrogen and oxygen atoms in total. The molecule has 10 heteroatoms. The van der Waals surface area contributed by atoms with Crippen LogP contribution in [0, 0.1) is 0 Å². The molecular formula is C74H116NO8P. The molecular weight excluding hydrogens is 1060 g/mol. The molecule has 0 spiro atoms. The summed E-state index contributed by atoms with van der Waals surface area (Å²) in [5.41, 5.74) is 0. The molecule has 2 unspecified atom stereocenters. The van der Waals surface area contributed by atoms with Crippen molar-refractivity contribution < 1.29 is 42.1 Å². The first-order valence-corrected chi connectivity index (χ1v) is 33.6. The van der Waals surface area contributed by atoms with Gasteiger partial charge in [0, 0.05) is 12.8 Å². The van der Waals surface area contributed by atoms with Crippen molar-refractivity contribution in [1.29, 1.82) is 0 Å². The Balaban J connectivity index is 4.30. The summed E-state index contributed by atoms with van der Waals surface area (Å²) in [5, 5.41) is 0. The van der Waals surface area contributed by atoms with Gasteiger partial charge in [0.25, 0.3) is 7.82 Å². The topological polar surface area (TPSA) is 111 Å². The van der Waals surface area contributed by atoms with Crippen LogP contribution in [0.2, 0.25) is 0 Å². The summed E-state index contributed by atoms with van der Waals surface area (Å²) in [4.78, 5) is 38.0. The summed E-state index contributed by atoms with van der Waals surface area (Å²) < 4.78 is 34.2. The number of unbranched alkanes of at least 4 members (excludes halogenated alkanes) is 10. The molecule has 2 atom stereocenters. The minimum atomic E-state index is -4.67. The van der Waals surface area contributed by atoms with Gasteiger partial charge in [0.1, 0.15) is 19.8 Å². The van der Waals surface area contributed by atoms with Gasteiger partial charge in [-0.3, -0.25) is 14.2 Å². The molecule has 0 saturated heterocycles. The van der Waals surface area contributed by atoms with Gasteiger partial charge < -0.3 is 27.9 Å². The highest BCUT2D eigenvalue weighted by atomic mass is 31.2. The highest BCUT2D eigenvalue weighted by Gasteiger charge is 2.21. The number of phosphoric acid groups is 1. The molecule has 0 bridgehead atoms. The van der Waals surface area contributed by atoms with Crippen molar-refractivity contribution in [2.75, 3.05) is 47.5 Å². The van der Waals surface area contributed by atoms with E-state index in [1.54, 1.807) is 0 Å². The fraction of sp³-hybridized carbons (Fsp3) is 0.541. The predicted octanol–water partition coefficient (Wildman–Crippen LogP) is 20.3. The van der Waals surface area contributed by atoms with Crippen LogP contribution in [0.25, 0.3) is 0 Å². The second-order valence-electron chi connectivity index (χ2n) is 21.7. The van der Waals surface area contributed by atoms with Gasteiger partial charge in [-0.05, 0) is 141 Å². The summed E-state index contributed by atoms with van der Waals surface area (Å²) in [6, 6.07) is 0. The normalized spacial score (nSPS) is 14.5. The molecule has 84 heavy (non-hydrogen) atoms. The fourth-order valence-corrected chi connectivity index (χ4v) is 8.47. The largest absolute Gasteiger partial charge is 0.756 e. The lowest BCUT2D eigenvalue weighted by molar-refractivity contribution is -0.870. The maximum atomic E-state index is 12.8. The quantitative estimate of drug-likeness (QED) is 0.0195. The van der Waals surface area contributed by atoms with Crippen molar-refractivity contribution in [2.45, 2.75) is 213 Å². The molecule has 0 saturated carbocycles. The SMILES string of the molecule is CC/C=C\C/C=C\C/C=C\C/C=C\C/C=C\C/C=C\C/C=C\C/C=C\C/C=C\C/C=C\CCCCC(=O)OC(COC(=O)CCCCCCCCCC/C=C\C/C=C\C/C=C\C/C=C\C/C=C\C/C=C\CC)COP(=O)([O-])OCC[N+](C)(C)C. The summed E-state index contributed by atoms with van der Waals surface area (Å²) >= 11 is 0. The summed E-state index contributed by atoms with van der Waals surface area (Å²) in [6.07, 6.45) is 97.7. The molecule has 0 aromatic heterocycles. The smallest absolute Gasteiger partial charge is 0.306 e. The van der Waals surface area contributed by atoms with Crippen LogP contribution in [0.5, 0.6) is 0 Å². The van der Waals surface area contributed by atoms with E-state index in [0.29, 0.717) is 23.9 Å². The molecule has 0 amide bonds. The number of rotatable bonds is 56. The second kappa shape index (κ2) is 62.4. The van der Waals surface area contributed by atoms with Gasteiger partial charge in [0.05, 0.1) is 27.7 Å². The Bertz CT molecular complexity index is 2120. The Morgan fingerprint density at radius 1 is 0.369 bits per heavy atom. The van der Waals surface area contributed by atoms with Crippen LogP contribution in [-0.2, 0) is 32.7 Å². The number of esters is 2. The molecule has 0 fully saturated rings. The van der Waals surface area contributed by atoms with Crippen molar-refractivity contribution in [3.05, 3.63) is 194 Å². The lowest BCUT2D eigenvalue weighted by Gasteiger charge is -2.28. The van der Waals surface area contributed by atoms with Crippen molar-refractivity contribution in [3.63, 3.8) is 0 Å². The minimum Gasteiger partial charge on any atom is -0.756 e. The standard InChI is InChI=1S/C74H116NO8P/c1-6-8-10-12-14-16-18-20-22-24-26-28-30-32-34-35-36-37-38-39-41-43-45-47-49-51-53-55-57-59-61-63-65-67-74(77)83-72(71-82-84(78,79)81-69-68-75(3,4)5)70-80-73(76)66-64-62-60-58-56-54-52-50-48-46-44-42-40-33-31-29-27-25-23-21-19-17-15-13-11-9-7-2/h8-11,14-17,20-23,26-29,32-34,36-37,39-41,44-47,51,53,57,59,72H,6-7,12-13,18-19,24-25,30-31,35,38,42-43,48-50,52,54-56,58,60-71H2,1-5H3/b10-8-,11-9-,16-14-,17-15-,22-20-,23-21-,28-26-,29-27-,34-32-,37-36-,40-33-,41-39-,46-44-,47-45-,53-51-,59-57-. The lowest BCUT2D eigenvalue weighted by atomic mass is 10.1. The van der Waals surface area contributed by atoms with E-state index >= 15 is 0 Å². The number of nitrogens with zero attached hydrogens (tertiary/aromatic N) is 1. The number of ether oxygens (including phenoxy) is 2. The highest BCUT2D eigenvalue weighted by Crippen LogP contribution is 2.38. The monoisotopic (exact) mass is 1180 g/mol. The van der Waals surface area contributed by atoms with E-state index in [-0.39, 0.29) is 26.1 Å². The number of carbonyl (C=O) groups excluding carboxylic acids is 2. The predicted molar refractivity (Wildman–Crippen MR) is 359 cm³/mol. The van der Waals surface area contributed by atoms with Gasteiger partial charge in [-0.2, -0.15) is 0 Å². The fourth-order valence-electron chi connectivity index (χ4n) is 7.74. The van der Waals surface area contributed by atoms with Gasteiger partial charge in [-0.25, -0.2) is 0 Å². The Kier molecular flexibility index (Phi) is 58.6. The Labute approximate surface area is 513 Å². The molecule has 0 aromatic rings. The number of carbonyl (C=O) groups is 2. The Hall–Kier alpha value is -5.15. The van der Waals surface area contributed by atoms with Crippen molar-refractivity contribution >= 4 is 19.8 Å². The minimum absolute atomic E-state index is 0.0530. The first kappa shape index (κ1) is 78.8. The molecule has 0 aliphatic carbocycles. The van der Waals surface area contributed by atoms with Crippen LogP contribution in [0.15, 0.2) is 194 Å².